The molecule has 0 saturated heterocycles. The van der Waals surface area contributed by atoms with Gasteiger partial charge in [0, 0.05) is 21.9 Å². The summed E-state index contributed by atoms with van der Waals surface area (Å²) in [6, 6.07) is 13.3. The number of hydrogen-bond donors (Lipinski definition) is 0. The Morgan fingerprint density at radius 2 is 1.80 bits per heavy atom. The topological polar surface area (TPSA) is 57.4 Å². The lowest BCUT2D eigenvalue weighted by Gasteiger charge is -2.08. The van der Waals surface area contributed by atoms with Crippen molar-refractivity contribution in [3.8, 4) is 22.9 Å². The fourth-order valence-corrected chi connectivity index (χ4v) is 3.30. The van der Waals surface area contributed by atoms with Gasteiger partial charge in [0.25, 0.3) is 0 Å². The zero-order chi connectivity index (χ0) is 17.1. The summed E-state index contributed by atoms with van der Waals surface area (Å²) in [5.74, 6) is 3.30. The number of nitrogens with zero attached hydrogens (tertiary/aromatic N) is 2. The van der Waals surface area contributed by atoms with Gasteiger partial charge in [-0.1, -0.05) is 16.8 Å². The van der Waals surface area contributed by atoms with E-state index in [4.69, 9.17) is 25.6 Å². The third-order valence-electron chi connectivity index (χ3n) is 3.65. The summed E-state index contributed by atoms with van der Waals surface area (Å²) >= 11 is 7.51. The van der Waals surface area contributed by atoms with Gasteiger partial charge in [0.1, 0.15) is 0 Å². The fourth-order valence-electron chi connectivity index (χ4n) is 2.41. The normalized spacial score (nSPS) is 13.5. The van der Waals surface area contributed by atoms with Gasteiger partial charge >= 0.3 is 0 Å². The molecule has 2 heterocycles. The van der Waals surface area contributed by atoms with E-state index in [0.717, 1.165) is 28.4 Å². The van der Waals surface area contributed by atoms with Crippen LogP contribution in [0.1, 0.15) is 12.3 Å². The molecule has 1 aliphatic rings. The molecule has 0 fully saturated rings. The Labute approximate surface area is 154 Å². The van der Waals surface area contributed by atoms with Gasteiger partial charge in [-0.3, -0.25) is 0 Å². The second-order valence-corrected chi connectivity index (χ2v) is 6.95. The van der Waals surface area contributed by atoms with Crippen LogP contribution in [0.25, 0.3) is 11.4 Å². The first kappa shape index (κ1) is 16.3. The maximum Gasteiger partial charge on any atom is 0.237 e. The quantitative estimate of drug-likeness (QED) is 0.609. The summed E-state index contributed by atoms with van der Waals surface area (Å²) in [5.41, 5.74) is 0.875. The minimum absolute atomic E-state index is 0.561. The maximum absolute atomic E-state index is 5.90. The average Bonchev–Trinajstić information content (AvgIpc) is 2.98. The van der Waals surface area contributed by atoms with Crippen molar-refractivity contribution in [2.75, 3.05) is 13.2 Å². The molecule has 0 spiro atoms. The van der Waals surface area contributed by atoms with Crippen LogP contribution in [0.15, 0.2) is 51.9 Å². The molecule has 5 nitrogen and oxygen atoms in total. The molecular weight excluding hydrogens is 360 g/mol. The third-order valence-corrected chi connectivity index (χ3v) is 4.88. The second-order valence-electron chi connectivity index (χ2n) is 5.47. The van der Waals surface area contributed by atoms with Crippen LogP contribution in [0.3, 0.4) is 0 Å². The molecule has 3 aromatic rings. The molecule has 0 radical (unpaired) electrons. The van der Waals surface area contributed by atoms with E-state index in [0.29, 0.717) is 35.7 Å². The van der Waals surface area contributed by atoms with E-state index in [9.17, 15) is 0 Å². The molecule has 7 heteroatoms. The van der Waals surface area contributed by atoms with Gasteiger partial charge in [-0.2, -0.15) is 4.98 Å². The van der Waals surface area contributed by atoms with Gasteiger partial charge in [0.2, 0.25) is 11.7 Å². The molecule has 0 saturated carbocycles. The lowest BCUT2D eigenvalue weighted by molar-refractivity contribution is 0.297. The van der Waals surface area contributed by atoms with Crippen LogP contribution in [-0.4, -0.2) is 23.4 Å². The Hall–Kier alpha value is -2.18. The highest BCUT2D eigenvalue weighted by molar-refractivity contribution is 7.98. The fraction of sp³-hybridized carbons (Fsp3) is 0.222. The van der Waals surface area contributed by atoms with Crippen molar-refractivity contribution in [3.05, 3.63) is 53.4 Å². The number of fused-ring (bicyclic) bond motifs is 1. The van der Waals surface area contributed by atoms with Crippen LogP contribution in [-0.2, 0) is 5.75 Å². The lowest BCUT2D eigenvalue weighted by atomic mass is 10.2. The first-order valence-electron chi connectivity index (χ1n) is 7.89. The molecule has 128 valence electrons. The van der Waals surface area contributed by atoms with E-state index in [-0.39, 0.29) is 0 Å². The van der Waals surface area contributed by atoms with Gasteiger partial charge in [0.15, 0.2) is 11.5 Å². The molecule has 0 amide bonds. The highest BCUT2D eigenvalue weighted by Crippen LogP contribution is 2.34. The molecule has 1 aliphatic heterocycles. The monoisotopic (exact) mass is 374 g/mol. The van der Waals surface area contributed by atoms with Gasteiger partial charge in [-0.15, -0.1) is 11.8 Å². The van der Waals surface area contributed by atoms with E-state index in [1.807, 2.05) is 30.3 Å². The number of aromatic nitrogens is 2. The standard InChI is InChI=1S/C18H15ClN2O3S/c19-13-4-2-12(3-5-13)18-20-17(24-21-18)11-25-14-6-7-15-16(10-14)23-9-1-8-22-15/h2-7,10H,1,8-9,11H2. The van der Waals surface area contributed by atoms with Crippen LogP contribution in [0.4, 0.5) is 0 Å². The summed E-state index contributed by atoms with van der Waals surface area (Å²) in [7, 11) is 0. The van der Waals surface area contributed by atoms with Crippen LogP contribution in [0.5, 0.6) is 11.5 Å². The summed E-state index contributed by atoms with van der Waals surface area (Å²) in [6.45, 7) is 1.37. The molecule has 0 bridgehead atoms. The predicted molar refractivity (Wildman–Crippen MR) is 96.4 cm³/mol. The van der Waals surface area contributed by atoms with E-state index in [1.54, 1.807) is 23.9 Å². The number of halogens is 1. The maximum atomic E-state index is 5.90. The Bertz CT molecular complexity index is 867. The molecule has 0 aliphatic carbocycles. The first-order chi connectivity index (χ1) is 12.3. The highest BCUT2D eigenvalue weighted by atomic mass is 35.5. The zero-order valence-electron chi connectivity index (χ0n) is 13.3. The number of hydrogen-bond acceptors (Lipinski definition) is 6. The number of rotatable bonds is 4. The van der Waals surface area contributed by atoms with Crippen molar-refractivity contribution in [1.82, 2.24) is 10.1 Å². The second kappa shape index (κ2) is 7.37. The van der Waals surface area contributed by atoms with Gasteiger partial charge < -0.3 is 14.0 Å². The van der Waals surface area contributed by atoms with Crippen LogP contribution >= 0.6 is 23.4 Å². The number of benzene rings is 2. The number of thioether (sulfide) groups is 1. The lowest BCUT2D eigenvalue weighted by Crippen LogP contribution is -1.97. The van der Waals surface area contributed by atoms with E-state index in [2.05, 4.69) is 10.1 Å². The molecule has 25 heavy (non-hydrogen) atoms. The smallest absolute Gasteiger partial charge is 0.237 e. The zero-order valence-corrected chi connectivity index (χ0v) is 14.8. The van der Waals surface area contributed by atoms with E-state index in [1.165, 1.54) is 0 Å². The molecule has 4 rings (SSSR count). The van der Waals surface area contributed by atoms with Crippen LogP contribution in [0.2, 0.25) is 5.02 Å². The Morgan fingerprint density at radius 3 is 2.64 bits per heavy atom. The average molecular weight is 375 g/mol. The Kier molecular flexibility index (Phi) is 4.81. The summed E-state index contributed by atoms with van der Waals surface area (Å²) in [4.78, 5) is 5.50. The predicted octanol–water partition coefficient (Wildman–Crippen LogP) is 4.84. The molecular formula is C18H15ClN2O3S. The molecule has 0 N–H and O–H groups in total. The van der Waals surface area contributed by atoms with Crippen molar-refractivity contribution in [1.29, 1.82) is 0 Å². The van der Waals surface area contributed by atoms with Gasteiger partial charge in [-0.25, -0.2) is 0 Å². The van der Waals surface area contributed by atoms with Gasteiger partial charge in [0.05, 0.1) is 19.0 Å². The van der Waals surface area contributed by atoms with Crippen LogP contribution in [0, 0.1) is 0 Å². The van der Waals surface area contributed by atoms with Crippen LogP contribution < -0.4 is 9.47 Å². The molecule has 0 atom stereocenters. The van der Waals surface area contributed by atoms with Crippen molar-refractivity contribution >= 4 is 23.4 Å². The van der Waals surface area contributed by atoms with Gasteiger partial charge in [-0.05, 0) is 42.5 Å². The SMILES string of the molecule is Clc1ccc(-c2noc(CSc3ccc4c(c3)OCCCO4)n2)cc1. The molecule has 1 aromatic heterocycles. The van der Waals surface area contributed by atoms with E-state index >= 15 is 0 Å². The van der Waals surface area contributed by atoms with Crippen molar-refractivity contribution in [3.63, 3.8) is 0 Å². The molecule has 0 unspecified atom stereocenters. The van der Waals surface area contributed by atoms with E-state index < -0.39 is 0 Å². The van der Waals surface area contributed by atoms with Crippen molar-refractivity contribution in [2.24, 2.45) is 0 Å². The summed E-state index contributed by atoms with van der Waals surface area (Å²) < 4.78 is 16.7. The minimum atomic E-state index is 0.561. The van der Waals surface area contributed by atoms with Crippen molar-refractivity contribution < 1.29 is 14.0 Å². The highest BCUT2D eigenvalue weighted by Gasteiger charge is 2.13. The largest absolute Gasteiger partial charge is 0.490 e. The van der Waals surface area contributed by atoms with Crippen molar-refractivity contribution in [2.45, 2.75) is 17.1 Å². The first-order valence-corrected chi connectivity index (χ1v) is 9.25. The number of ether oxygens (including phenoxy) is 2. The Morgan fingerprint density at radius 1 is 1.00 bits per heavy atom. The summed E-state index contributed by atoms with van der Waals surface area (Å²) in [5, 5.41) is 4.70. The molecule has 2 aromatic carbocycles. The third kappa shape index (κ3) is 3.91. The summed E-state index contributed by atoms with van der Waals surface area (Å²) in [6.07, 6.45) is 0.895. The minimum Gasteiger partial charge on any atom is -0.490 e. The Balaban J connectivity index is 1.43.